The van der Waals surface area contributed by atoms with E-state index in [0.717, 1.165) is 29.0 Å². The molecule has 0 aliphatic carbocycles. The van der Waals surface area contributed by atoms with Crippen LogP contribution >= 0.6 is 0 Å². The highest BCUT2D eigenvalue weighted by molar-refractivity contribution is 5.77. The van der Waals surface area contributed by atoms with E-state index in [9.17, 15) is 4.79 Å². The van der Waals surface area contributed by atoms with Gasteiger partial charge < -0.3 is 14.6 Å². The van der Waals surface area contributed by atoms with Gasteiger partial charge in [0.05, 0.1) is 24.1 Å². The van der Waals surface area contributed by atoms with Crippen molar-refractivity contribution in [1.29, 1.82) is 0 Å². The van der Waals surface area contributed by atoms with E-state index in [1.54, 1.807) is 0 Å². The molecule has 2 aromatic carbocycles. The Balaban J connectivity index is 1.73. The Kier molecular flexibility index (Phi) is 6.12. The minimum absolute atomic E-state index is 0.0580. The van der Waals surface area contributed by atoms with Gasteiger partial charge in [-0.2, -0.15) is 0 Å². The van der Waals surface area contributed by atoms with E-state index in [1.165, 1.54) is 11.1 Å². The first-order valence-electron chi connectivity index (χ1n) is 9.48. The van der Waals surface area contributed by atoms with Gasteiger partial charge in [0, 0.05) is 6.42 Å². The summed E-state index contributed by atoms with van der Waals surface area (Å²) >= 11 is 0. The van der Waals surface area contributed by atoms with Crippen LogP contribution < -0.4 is 10.1 Å². The number of para-hydroxylation sites is 2. The van der Waals surface area contributed by atoms with Gasteiger partial charge in [0.2, 0.25) is 5.91 Å². The van der Waals surface area contributed by atoms with Gasteiger partial charge >= 0.3 is 0 Å². The number of nitrogens with one attached hydrogen (secondary N) is 1. The van der Waals surface area contributed by atoms with E-state index in [1.807, 2.05) is 37.3 Å². The number of amides is 1. The maximum atomic E-state index is 11.8. The second-order valence-electron chi connectivity index (χ2n) is 6.87. The first kappa shape index (κ1) is 19.0. The SMILES string of the molecule is CCCC(=O)NCc1nc2ccccc2n1CCOc1cc(C)cc(C)c1. The standard InChI is InChI=1S/C22H27N3O2/c1-4-7-22(26)23-15-21-24-19-8-5-6-9-20(19)25(21)10-11-27-18-13-16(2)12-17(3)14-18/h5-6,8-9,12-14H,4,7,10-11,15H2,1-3H3,(H,23,26). The molecule has 0 saturated carbocycles. The Morgan fingerprint density at radius 1 is 1.15 bits per heavy atom. The quantitative estimate of drug-likeness (QED) is 0.652. The van der Waals surface area contributed by atoms with Crippen molar-refractivity contribution in [3.05, 3.63) is 59.4 Å². The molecule has 142 valence electrons. The number of rotatable bonds is 8. The summed E-state index contributed by atoms with van der Waals surface area (Å²) in [6, 6.07) is 14.3. The Morgan fingerprint density at radius 2 is 1.89 bits per heavy atom. The Bertz CT molecular complexity index is 910. The monoisotopic (exact) mass is 365 g/mol. The number of hydrogen-bond donors (Lipinski definition) is 1. The molecule has 3 aromatic rings. The summed E-state index contributed by atoms with van der Waals surface area (Å²) in [5, 5.41) is 2.96. The van der Waals surface area contributed by atoms with Crippen molar-refractivity contribution in [2.75, 3.05) is 6.61 Å². The fourth-order valence-corrected chi connectivity index (χ4v) is 3.27. The molecule has 1 heterocycles. The molecular weight excluding hydrogens is 338 g/mol. The van der Waals surface area contributed by atoms with E-state index in [-0.39, 0.29) is 5.91 Å². The van der Waals surface area contributed by atoms with Gasteiger partial charge in [-0.1, -0.05) is 25.1 Å². The van der Waals surface area contributed by atoms with Crippen LogP contribution in [-0.2, 0) is 17.9 Å². The molecule has 0 aliphatic rings. The van der Waals surface area contributed by atoms with Crippen LogP contribution in [0.25, 0.3) is 11.0 Å². The molecule has 3 rings (SSSR count). The highest BCUT2D eigenvalue weighted by Crippen LogP contribution is 2.18. The number of carbonyl (C=O) groups excluding carboxylic acids is 1. The van der Waals surface area contributed by atoms with E-state index in [0.29, 0.717) is 26.1 Å². The molecule has 0 fully saturated rings. The predicted molar refractivity (Wildman–Crippen MR) is 108 cm³/mol. The number of nitrogens with zero attached hydrogens (tertiary/aromatic N) is 2. The van der Waals surface area contributed by atoms with Gasteiger partial charge in [-0.3, -0.25) is 4.79 Å². The van der Waals surface area contributed by atoms with Gasteiger partial charge in [-0.05, 0) is 55.7 Å². The van der Waals surface area contributed by atoms with E-state index in [4.69, 9.17) is 9.72 Å². The maximum Gasteiger partial charge on any atom is 0.220 e. The Labute approximate surface area is 160 Å². The molecule has 1 amide bonds. The number of ether oxygens (including phenoxy) is 1. The molecule has 27 heavy (non-hydrogen) atoms. The first-order chi connectivity index (χ1) is 13.1. The van der Waals surface area contributed by atoms with Crippen LogP contribution in [0.4, 0.5) is 0 Å². The second kappa shape index (κ2) is 8.71. The molecule has 1 aromatic heterocycles. The summed E-state index contributed by atoms with van der Waals surface area (Å²) in [7, 11) is 0. The van der Waals surface area contributed by atoms with Gasteiger partial charge in [-0.15, -0.1) is 0 Å². The Morgan fingerprint density at radius 3 is 2.63 bits per heavy atom. The molecule has 0 unspecified atom stereocenters. The molecule has 0 bridgehead atoms. The van der Waals surface area contributed by atoms with Gasteiger partial charge in [0.25, 0.3) is 0 Å². The predicted octanol–water partition coefficient (Wildman–Crippen LogP) is 4.15. The Hall–Kier alpha value is -2.82. The van der Waals surface area contributed by atoms with Gasteiger partial charge in [0.15, 0.2) is 0 Å². The zero-order valence-corrected chi connectivity index (χ0v) is 16.3. The maximum absolute atomic E-state index is 11.8. The van der Waals surface area contributed by atoms with Crippen molar-refractivity contribution in [2.24, 2.45) is 0 Å². The highest BCUT2D eigenvalue weighted by atomic mass is 16.5. The van der Waals surface area contributed by atoms with Crippen LogP contribution in [0.3, 0.4) is 0 Å². The third-order valence-corrected chi connectivity index (χ3v) is 4.43. The number of benzene rings is 2. The molecule has 0 aliphatic heterocycles. The number of fused-ring (bicyclic) bond motifs is 1. The minimum Gasteiger partial charge on any atom is -0.492 e. The lowest BCUT2D eigenvalue weighted by Crippen LogP contribution is -2.24. The summed E-state index contributed by atoms with van der Waals surface area (Å²) in [6.45, 7) is 7.78. The van der Waals surface area contributed by atoms with Crippen molar-refractivity contribution < 1.29 is 9.53 Å². The topological polar surface area (TPSA) is 56.2 Å². The third-order valence-electron chi connectivity index (χ3n) is 4.43. The van der Waals surface area contributed by atoms with E-state index < -0.39 is 0 Å². The summed E-state index contributed by atoms with van der Waals surface area (Å²) in [6.07, 6.45) is 1.38. The number of imidazole rings is 1. The largest absolute Gasteiger partial charge is 0.492 e. The minimum atomic E-state index is 0.0580. The van der Waals surface area contributed by atoms with Crippen molar-refractivity contribution in [3.8, 4) is 5.75 Å². The van der Waals surface area contributed by atoms with E-state index in [2.05, 4.69) is 35.9 Å². The van der Waals surface area contributed by atoms with Crippen LogP contribution in [0.15, 0.2) is 42.5 Å². The van der Waals surface area contributed by atoms with E-state index >= 15 is 0 Å². The molecule has 0 spiro atoms. The number of aryl methyl sites for hydroxylation is 2. The zero-order chi connectivity index (χ0) is 19.2. The van der Waals surface area contributed by atoms with Crippen molar-refractivity contribution in [1.82, 2.24) is 14.9 Å². The van der Waals surface area contributed by atoms with Gasteiger partial charge in [0.1, 0.15) is 18.2 Å². The summed E-state index contributed by atoms with van der Waals surface area (Å²) < 4.78 is 8.10. The van der Waals surface area contributed by atoms with Crippen molar-refractivity contribution >= 4 is 16.9 Å². The molecule has 5 heteroatoms. The third kappa shape index (κ3) is 4.88. The van der Waals surface area contributed by atoms with Crippen molar-refractivity contribution in [2.45, 2.75) is 46.7 Å². The smallest absolute Gasteiger partial charge is 0.220 e. The van der Waals surface area contributed by atoms with Crippen LogP contribution in [0.5, 0.6) is 5.75 Å². The van der Waals surface area contributed by atoms with Gasteiger partial charge in [-0.25, -0.2) is 4.98 Å². The van der Waals surface area contributed by atoms with Crippen LogP contribution in [0, 0.1) is 13.8 Å². The fourth-order valence-electron chi connectivity index (χ4n) is 3.27. The normalized spacial score (nSPS) is 10.9. The summed E-state index contributed by atoms with van der Waals surface area (Å²) in [5.41, 5.74) is 4.37. The fraction of sp³-hybridized carbons (Fsp3) is 0.364. The molecule has 5 nitrogen and oxygen atoms in total. The zero-order valence-electron chi connectivity index (χ0n) is 16.3. The summed E-state index contributed by atoms with van der Waals surface area (Å²) in [5.74, 6) is 1.79. The van der Waals surface area contributed by atoms with Crippen molar-refractivity contribution in [3.63, 3.8) is 0 Å². The molecule has 0 saturated heterocycles. The highest BCUT2D eigenvalue weighted by Gasteiger charge is 2.11. The lowest BCUT2D eigenvalue weighted by atomic mass is 10.1. The lowest BCUT2D eigenvalue weighted by molar-refractivity contribution is -0.121. The molecular formula is C22H27N3O2. The lowest BCUT2D eigenvalue weighted by Gasteiger charge is -2.12. The molecule has 0 radical (unpaired) electrons. The number of aromatic nitrogens is 2. The average molecular weight is 365 g/mol. The summed E-state index contributed by atoms with van der Waals surface area (Å²) in [4.78, 5) is 16.5. The van der Waals surface area contributed by atoms with Crippen LogP contribution in [0.2, 0.25) is 0 Å². The van der Waals surface area contributed by atoms with Crippen LogP contribution in [-0.4, -0.2) is 22.1 Å². The second-order valence-corrected chi connectivity index (χ2v) is 6.87. The average Bonchev–Trinajstić information content (AvgIpc) is 2.97. The van der Waals surface area contributed by atoms with Crippen LogP contribution in [0.1, 0.15) is 36.7 Å². The number of carbonyl (C=O) groups is 1. The first-order valence-corrected chi connectivity index (χ1v) is 9.48. The number of hydrogen-bond acceptors (Lipinski definition) is 3. The molecule has 0 atom stereocenters. The molecule has 1 N–H and O–H groups in total.